The summed E-state index contributed by atoms with van der Waals surface area (Å²) in [7, 11) is 0. The molecule has 2 nitrogen and oxygen atoms in total. The minimum atomic E-state index is 0.222. The van der Waals surface area contributed by atoms with Gasteiger partial charge in [-0.25, -0.2) is 4.98 Å². The molecular weight excluding hydrogens is 204 g/mol. The van der Waals surface area contributed by atoms with Crippen LogP contribution in [0.25, 0.3) is 0 Å². The second-order valence-electron chi connectivity index (χ2n) is 3.53. The Morgan fingerprint density at radius 2 is 2.38 bits per heavy atom. The molecule has 1 unspecified atom stereocenters. The molecule has 1 fully saturated rings. The van der Waals surface area contributed by atoms with Crippen LogP contribution in [0.2, 0.25) is 0 Å². The zero-order valence-electron chi connectivity index (χ0n) is 7.66. The van der Waals surface area contributed by atoms with E-state index in [1.165, 1.54) is 24.4 Å². The monoisotopic (exact) mass is 216 g/mol. The van der Waals surface area contributed by atoms with Gasteiger partial charge in [0.1, 0.15) is 10.8 Å². The van der Waals surface area contributed by atoms with E-state index in [0.29, 0.717) is 5.92 Å². The molecule has 2 rings (SSSR count). The molecule has 0 bridgehead atoms. The summed E-state index contributed by atoms with van der Waals surface area (Å²) >= 11 is 7.56. The Bertz CT molecular complexity index is 283. The highest BCUT2D eigenvalue weighted by Crippen LogP contribution is 2.38. The van der Waals surface area contributed by atoms with E-state index in [0.717, 1.165) is 23.7 Å². The van der Waals surface area contributed by atoms with Crippen molar-refractivity contribution in [3.05, 3.63) is 10.8 Å². The first kappa shape index (κ1) is 9.41. The van der Waals surface area contributed by atoms with E-state index >= 15 is 0 Å². The van der Waals surface area contributed by atoms with Crippen molar-refractivity contribution in [1.82, 2.24) is 9.36 Å². The Morgan fingerprint density at radius 1 is 1.62 bits per heavy atom. The molecule has 0 aliphatic heterocycles. The van der Waals surface area contributed by atoms with Crippen LogP contribution in [-0.2, 0) is 6.42 Å². The second-order valence-corrected chi connectivity index (χ2v) is 4.98. The largest absolute Gasteiger partial charge is 0.224 e. The molecular formula is C9H13ClN2S. The van der Waals surface area contributed by atoms with Gasteiger partial charge in [0.25, 0.3) is 0 Å². The van der Waals surface area contributed by atoms with Crippen LogP contribution in [0.5, 0.6) is 0 Å². The number of nitrogens with zero attached hydrogens (tertiary/aromatic N) is 2. The molecule has 0 spiro atoms. The predicted octanol–water partition coefficient (Wildman–Crippen LogP) is 2.98. The van der Waals surface area contributed by atoms with Crippen LogP contribution in [-0.4, -0.2) is 14.7 Å². The molecule has 1 aliphatic carbocycles. The van der Waals surface area contributed by atoms with Crippen LogP contribution in [0.15, 0.2) is 0 Å². The van der Waals surface area contributed by atoms with Crippen molar-refractivity contribution in [2.45, 2.75) is 43.9 Å². The van der Waals surface area contributed by atoms with Gasteiger partial charge < -0.3 is 0 Å². The third-order valence-corrected chi connectivity index (χ3v) is 3.48. The fraction of sp³-hybridized carbons (Fsp3) is 0.778. The topological polar surface area (TPSA) is 25.8 Å². The quantitative estimate of drug-likeness (QED) is 0.724. The van der Waals surface area contributed by atoms with Crippen LogP contribution in [0.4, 0.5) is 0 Å². The molecule has 1 aromatic heterocycles. The van der Waals surface area contributed by atoms with Gasteiger partial charge in [-0.2, -0.15) is 4.37 Å². The van der Waals surface area contributed by atoms with Gasteiger partial charge in [0, 0.05) is 17.7 Å². The van der Waals surface area contributed by atoms with Gasteiger partial charge >= 0.3 is 0 Å². The number of alkyl halides is 1. The minimum Gasteiger partial charge on any atom is -0.224 e. The molecule has 1 saturated carbocycles. The van der Waals surface area contributed by atoms with Gasteiger partial charge in [0.05, 0.1) is 0 Å². The van der Waals surface area contributed by atoms with Crippen LogP contribution < -0.4 is 0 Å². The van der Waals surface area contributed by atoms with Crippen LogP contribution in [0.1, 0.15) is 42.9 Å². The molecule has 13 heavy (non-hydrogen) atoms. The fourth-order valence-electron chi connectivity index (χ4n) is 1.19. The average molecular weight is 217 g/mol. The lowest BCUT2D eigenvalue weighted by Crippen LogP contribution is -2.00. The van der Waals surface area contributed by atoms with Crippen molar-refractivity contribution in [2.24, 2.45) is 0 Å². The summed E-state index contributed by atoms with van der Waals surface area (Å²) in [4.78, 5) is 4.48. The molecule has 1 heterocycles. The molecule has 0 saturated heterocycles. The van der Waals surface area contributed by atoms with Gasteiger partial charge in [-0.1, -0.05) is 6.92 Å². The first-order chi connectivity index (χ1) is 6.29. The van der Waals surface area contributed by atoms with Gasteiger partial charge in [-0.3, -0.25) is 0 Å². The van der Waals surface area contributed by atoms with Gasteiger partial charge in [-0.05, 0) is 30.8 Å². The molecule has 0 aromatic carbocycles. The van der Waals surface area contributed by atoms with E-state index in [4.69, 9.17) is 11.6 Å². The van der Waals surface area contributed by atoms with Gasteiger partial charge in [0.2, 0.25) is 0 Å². The molecule has 0 radical (unpaired) electrons. The number of aromatic nitrogens is 2. The van der Waals surface area contributed by atoms with Gasteiger partial charge in [-0.15, -0.1) is 11.6 Å². The maximum absolute atomic E-state index is 6.04. The minimum absolute atomic E-state index is 0.222. The summed E-state index contributed by atoms with van der Waals surface area (Å²) in [6.07, 6.45) is 4.42. The highest BCUT2D eigenvalue weighted by molar-refractivity contribution is 7.05. The van der Waals surface area contributed by atoms with E-state index < -0.39 is 0 Å². The van der Waals surface area contributed by atoms with Crippen molar-refractivity contribution in [3.63, 3.8) is 0 Å². The van der Waals surface area contributed by atoms with E-state index in [-0.39, 0.29) is 5.38 Å². The number of rotatable bonds is 4. The van der Waals surface area contributed by atoms with E-state index in [2.05, 4.69) is 16.3 Å². The molecule has 4 heteroatoms. The van der Waals surface area contributed by atoms with Crippen LogP contribution >= 0.6 is 23.1 Å². The van der Waals surface area contributed by atoms with E-state index in [1.54, 1.807) is 0 Å². The maximum Gasteiger partial charge on any atom is 0.145 e. The third kappa shape index (κ3) is 2.41. The first-order valence-electron chi connectivity index (χ1n) is 4.76. The highest BCUT2D eigenvalue weighted by atomic mass is 35.5. The maximum atomic E-state index is 6.04. The lowest BCUT2D eigenvalue weighted by molar-refractivity contribution is 0.793. The van der Waals surface area contributed by atoms with E-state index in [9.17, 15) is 0 Å². The van der Waals surface area contributed by atoms with Crippen molar-refractivity contribution < 1.29 is 0 Å². The number of hydrogen-bond acceptors (Lipinski definition) is 3. The Balaban J connectivity index is 1.96. The van der Waals surface area contributed by atoms with Crippen molar-refractivity contribution in [1.29, 1.82) is 0 Å². The average Bonchev–Trinajstić information content (AvgIpc) is 2.88. The number of hydrogen-bond donors (Lipinski definition) is 0. The predicted molar refractivity (Wildman–Crippen MR) is 55.5 cm³/mol. The smallest absolute Gasteiger partial charge is 0.145 e. The summed E-state index contributed by atoms with van der Waals surface area (Å²) < 4.78 is 4.34. The normalized spacial score (nSPS) is 18.9. The Morgan fingerprint density at radius 3 is 3.00 bits per heavy atom. The SMILES string of the molecule is CCC(Cl)Cc1nc(C2CC2)ns1. The highest BCUT2D eigenvalue weighted by Gasteiger charge is 2.27. The van der Waals surface area contributed by atoms with Crippen molar-refractivity contribution >= 4 is 23.1 Å². The molecule has 1 atom stereocenters. The summed E-state index contributed by atoms with van der Waals surface area (Å²) in [5, 5.41) is 1.32. The molecule has 1 aliphatic rings. The third-order valence-electron chi connectivity index (χ3n) is 2.27. The zero-order chi connectivity index (χ0) is 9.26. The summed E-state index contributed by atoms with van der Waals surface area (Å²) in [6, 6.07) is 0. The molecule has 0 amide bonds. The van der Waals surface area contributed by atoms with Crippen LogP contribution in [0.3, 0.4) is 0 Å². The van der Waals surface area contributed by atoms with Crippen molar-refractivity contribution in [3.8, 4) is 0 Å². The fourth-order valence-corrected chi connectivity index (χ4v) is 2.23. The lowest BCUT2D eigenvalue weighted by atomic mass is 10.2. The Hall–Kier alpha value is -0.150. The Labute approximate surface area is 87.5 Å². The summed E-state index contributed by atoms with van der Waals surface area (Å²) in [5.74, 6) is 1.72. The number of halogens is 1. The Kier molecular flexibility index (Phi) is 2.84. The molecule has 72 valence electrons. The second kappa shape index (κ2) is 3.93. The van der Waals surface area contributed by atoms with Gasteiger partial charge in [0.15, 0.2) is 0 Å². The first-order valence-corrected chi connectivity index (χ1v) is 5.97. The lowest BCUT2D eigenvalue weighted by Gasteiger charge is -2.00. The summed E-state index contributed by atoms with van der Waals surface area (Å²) in [6.45, 7) is 2.10. The van der Waals surface area contributed by atoms with Crippen LogP contribution in [0, 0.1) is 0 Å². The summed E-state index contributed by atoms with van der Waals surface area (Å²) in [5.41, 5.74) is 0. The van der Waals surface area contributed by atoms with Crippen molar-refractivity contribution in [2.75, 3.05) is 0 Å². The molecule has 0 N–H and O–H groups in total. The standard InChI is InChI=1S/C9H13ClN2S/c1-2-7(10)5-8-11-9(12-13-8)6-3-4-6/h6-7H,2-5H2,1H3. The van der Waals surface area contributed by atoms with E-state index in [1.807, 2.05) is 0 Å². The zero-order valence-corrected chi connectivity index (χ0v) is 9.24. The molecule has 1 aromatic rings.